The number of anilines is 1. The number of oxime groups is 1. The van der Waals surface area contributed by atoms with Gasteiger partial charge in [0.15, 0.2) is 5.13 Å². The Morgan fingerprint density at radius 1 is 1.44 bits per heavy atom. The number of hydrogen-bond donors (Lipinski definition) is 2. The maximum Gasteiger partial charge on any atom is 0.278 e. The molecule has 1 fully saturated rings. The third kappa shape index (κ3) is 4.92. The SMILES string of the molecule is CO/N=C(\C(=O)NC1C(=O)N2C(C(=O)[O-])=C(/C=C/C[N+](C)(C)C)CS[C@H]12)c1nsc(N)n1. The van der Waals surface area contributed by atoms with Crippen molar-refractivity contribution in [1.82, 2.24) is 19.6 Å². The van der Waals surface area contributed by atoms with Gasteiger partial charge in [-0.1, -0.05) is 11.2 Å². The minimum Gasteiger partial charge on any atom is -0.543 e. The number of hydrogen-bond acceptors (Lipinski definition) is 11. The summed E-state index contributed by atoms with van der Waals surface area (Å²) in [7, 11) is 7.27. The Morgan fingerprint density at radius 3 is 2.72 bits per heavy atom. The van der Waals surface area contributed by atoms with Gasteiger partial charge in [0.25, 0.3) is 11.8 Å². The first-order valence-corrected chi connectivity index (χ1v) is 11.2. The van der Waals surface area contributed by atoms with Crippen molar-refractivity contribution in [3.63, 3.8) is 0 Å². The number of allylic oxidation sites excluding steroid dienone is 1. The number of likely N-dealkylation sites (N-methyl/N-ethyl adjacent to an activating group) is 1. The molecule has 2 amide bonds. The Bertz CT molecular complexity index is 1030. The van der Waals surface area contributed by atoms with Crippen molar-refractivity contribution in [2.45, 2.75) is 11.4 Å². The van der Waals surface area contributed by atoms with E-state index in [-0.39, 0.29) is 22.4 Å². The standard InChI is InChI=1S/C18H23N7O5S2/c1-25(2,3)7-5-6-9-8-31-16-11(15(27)24(16)12(9)17(28)29)20-14(26)10(22-30-4)13-21-18(19)32-23-13/h5-6,11,16H,7-8H2,1-4H3,(H3-,19,20,21,23,26,28,29)/b6-5+,22-10-/t11?,16-/m1/s1. The average molecular weight is 482 g/mol. The van der Waals surface area contributed by atoms with Crippen LogP contribution in [0.3, 0.4) is 0 Å². The number of quaternary nitrogens is 1. The zero-order valence-electron chi connectivity index (χ0n) is 17.9. The lowest BCUT2D eigenvalue weighted by Crippen LogP contribution is -2.71. The van der Waals surface area contributed by atoms with E-state index in [9.17, 15) is 19.5 Å². The van der Waals surface area contributed by atoms with Crippen molar-refractivity contribution in [2.24, 2.45) is 5.16 Å². The van der Waals surface area contributed by atoms with Crippen LogP contribution in [0.2, 0.25) is 0 Å². The minimum absolute atomic E-state index is 0.0354. The van der Waals surface area contributed by atoms with Crippen molar-refractivity contribution in [1.29, 1.82) is 0 Å². The second-order valence-electron chi connectivity index (χ2n) is 7.98. The quantitative estimate of drug-likeness (QED) is 0.187. The molecule has 2 aliphatic rings. The number of rotatable bonds is 8. The van der Waals surface area contributed by atoms with Crippen LogP contribution in [0.1, 0.15) is 5.82 Å². The Hall–Kier alpha value is -2.97. The number of nitrogens with zero attached hydrogens (tertiary/aromatic N) is 5. The highest BCUT2D eigenvalue weighted by atomic mass is 32.2. The number of carboxylic acid groups (broad SMARTS) is 1. The van der Waals surface area contributed by atoms with Gasteiger partial charge in [-0.2, -0.15) is 9.36 Å². The lowest BCUT2D eigenvalue weighted by atomic mass is 10.0. The highest BCUT2D eigenvalue weighted by Crippen LogP contribution is 2.40. The maximum atomic E-state index is 12.8. The first-order chi connectivity index (χ1) is 15.0. The fourth-order valence-electron chi connectivity index (χ4n) is 3.09. The molecule has 12 nitrogen and oxygen atoms in total. The van der Waals surface area contributed by atoms with Crippen LogP contribution in [0.5, 0.6) is 0 Å². The van der Waals surface area contributed by atoms with E-state index >= 15 is 0 Å². The molecule has 0 bridgehead atoms. The molecular formula is C18H23N7O5S2. The van der Waals surface area contributed by atoms with Crippen molar-refractivity contribution >= 4 is 51.9 Å². The molecule has 0 saturated carbocycles. The summed E-state index contributed by atoms with van der Waals surface area (Å²) in [6.07, 6.45) is 3.57. The Kier molecular flexibility index (Phi) is 6.85. The molecule has 0 spiro atoms. The molecule has 2 atom stereocenters. The lowest BCUT2D eigenvalue weighted by Gasteiger charge is -2.50. The van der Waals surface area contributed by atoms with Gasteiger partial charge in [0.05, 0.1) is 39.4 Å². The Labute approximate surface area is 192 Å². The van der Waals surface area contributed by atoms with Gasteiger partial charge in [-0.3, -0.25) is 14.5 Å². The van der Waals surface area contributed by atoms with Crippen LogP contribution in [0, 0.1) is 0 Å². The third-order valence-electron chi connectivity index (χ3n) is 4.50. The minimum atomic E-state index is -1.44. The third-order valence-corrected chi connectivity index (χ3v) is 6.35. The number of amides is 2. The van der Waals surface area contributed by atoms with Crippen LogP contribution in [0.25, 0.3) is 0 Å². The van der Waals surface area contributed by atoms with Gasteiger partial charge in [-0.25, -0.2) is 0 Å². The summed E-state index contributed by atoms with van der Waals surface area (Å²) < 4.78 is 4.60. The molecule has 3 rings (SSSR count). The van der Waals surface area contributed by atoms with Gasteiger partial charge in [0.2, 0.25) is 11.5 Å². The summed E-state index contributed by atoms with van der Waals surface area (Å²) in [5.41, 5.74) is 5.62. The van der Waals surface area contributed by atoms with E-state index in [1.165, 1.54) is 18.9 Å². The van der Waals surface area contributed by atoms with E-state index in [0.717, 1.165) is 16.4 Å². The van der Waals surface area contributed by atoms with Crippen molar-refractivity contribution in [2.75, 3.05) is 46.3 Å². The van der Waals surface area contributed by atoms with Gasteiger partial charge < -0.3 is 30.3 Å². The molecule has 0 aliphatic carbocycles. The van der Waals surface area contributed by atoms with E-state index in [4.69, 9.17) is 5.73 Å². The number of carboxylic acids is 1. The fraction of sp³-hybridized carbons (Fsp3) is 0.444. The normalized spacial score (nSPS) is 21.4. The van der Waals surface area contributed by atoms with Crippen LogP contribution in [-0.4, -0.2) is 94.2 Å². The van der Waals surface area contributed by atoms with Gasteiger partial charge in [-0.15, -0.1) is 11.8 Å². The molecule has 2 aliphatic heterocycles. The Morgan fingerprint density at radius 2 is 2.16 bits per heavy atom. The summed E-state index contributed by atoms with van der Waals surface area (Å²) in [5, 5.41) is 17.6. The summed E-state index contributed by atoms with van der Waals surface area (Å²) >= 11 is 2.22. The van der Waals surface area contributed by atoms with Gasteiger partial charge in [-0.05, 0) is 11.6 Å². The average Bonchev–Trinajstić information content (AvgIpc) is 3.14. The molecule has 172 valence electrons. The number of nitrogen functional groups attached to an aromatic ring is 1. The monoisotopic (exact) mass is 481 g/mol. The van der Waals surface area contributed by atoms with Crippen LogP contribution >= 0.6 is 23.3 Å². The zero-order valence-corrected chi connectivity index (χ0v) is 19.5. The topological polar surface area (TPSA) is 163 Å². The number of β-lactam (4-membered cyclic amide) rings is 1. The molecule has 14 heteroatoms. The molecule has 1 aromatic heterocycles. The van der Waals surface area contributed by atoms with E-state index in [1.54, 1.807) is 6.08 Å². The molecule has 32 heavy (non-hydrogen) atoms. The zero-order chi connectivity index (χ0) is 23.6. The molecule has 0 aromatic carbocycles. The van der Waals surface area contributed by atoms with E-state index < -0.39 is 29.2 Å². The maximum absolute atomic E-state index is 12.8. The number of thioether (sulfide) groups is 1. The number of nitrogens with two attached hydrogens (primary N) is 1. The lowest BCUT2D eigenvalue weighted by molar-refractivity contribution is -0.864. The predicted octanol–water partition coefficient (Wildman–Crippen LogP) is -1.86. The molecule has 1 aromatic rings. The van der Waals surface area contributed by atoms with Crippen molar-refractivity contribution in [3.8, 4) is 0 Å². The summed E-state index contributed by atoms with van der Waals surface area (Å²) in [6, 6.07) is -0.948. The molecular weight excluding hydrogens is 458 g/mol. The Balaban J connectivity index is 1.78. The number of carbonyl (C=O) groups is 3. The summed E-state index contributed by atoms with van der Waals surface area (Å²) in [5.74, 6) is -2.43. The van der Waals surface area contributed by atoms with E-state index in [1.807, 2.05) is 27.2 Å². The van der Waals surface area contributed by atoms with E-state index in [2.05, 4.69) is 24.7 Å². The predicted molar refractivity (Wildman–Crippen MR) is 117 cm³/mol. The fourth-order valence-corrected chi connectivity index (χ4v) is 4.84. The number of carbonyl (C=O) groups excluding carboxylic acids is 3. The van der Waals surface area contributed by atoms with Crippen LogP contribution in [0.15, 0.2) is 28.6 Å². The summed E-state index contributed by atoms with van der Waals surface area (Å²) in [6.45, 7) is 0.682. The summed E-state index contributed by atoms with van der Waals surface area (Å²) in [4.78, 5) is 47.0. The molecule has 0 radical (unpaired) electrons. The van der Waals surface area contributed by atoms with Crippen molar-refractivity contribution in [3.05, 3.63) is 29.2 Å². The number of fused-ring (bicyclic) bond motifs is 1. The van der Waals surface area contributed by atoms with Crippen molar-refractivity contribution < 1.29 is 28.8 Å². The van der Waals surface area contributed by atoms with Crippen LogP contribution < -0.4 is 16.2 Å². The number of aliphatic carboxylic acids is 1. The molecule has 1 saturated heterocycles. The van der Waals surface area contributed by atoms with Crippen LogP contribution in [0.4, 0.5) is 5.13 Å². The second-order valence-corrected chi connectivity index (χ2v) is 9.86. The first kappa shape index (κ1) is 23.7. The largest absolute Gasteiger partial charge is 0.543 e. The highest BCUT2D eigenvalue weighted by molar-refractivity contribution is 8.00. The second kappa shape index (κ2) is 9.26. The van der Waals surface area contributed by atoms with Gasteiger partial charge >= 0.3 is 0 Å². The number of nitrogens with one attached hydrogen (secondary N) is 1. The number of aromatic nitrogens is 2. The molecule has 1 unspecified atom stereocenters. The first-order valence-electron chi connectivity index (χ1n) is 9.41. The smallest absolute Gasteiger partial charge is 0.278 e. The van der Waals surface area contributed by atoms with Gasteiger partial charge in [0, 0.05) is 17.3 Å². The van der Waals surface area contributed by atoms with Crippen LogP contribution in [-0.2, 0) is 19.2 Å². The highest BCUT2D eigenvalue weighted by Gasteiger charge is 2.53. The molecule has 3 N–H and O–H groups in total. The molecule has 3 heterocycles. The van der Waals surface area contributed by atoms with E-state index in [0.29, 0.717) is 22.4 Å². The van der Waals surface area contributed by atoms with Gasteiger partial charge in [0.1, 0.15) is 18.5 Å².